The first kappa shape index (κ1) is 28.3. The van der Waals surface area contributed by atoms with Gasteiger partial charge >= 0.3 is 0 Å². The van der Waals surface area contributed by atoms with E-state index in [4.69, 9.17) is 24.4 Å². The third-order valence-corrected chi connectivity index (χ3v) is 8.74. The van der Waals surface area contributed by atoms with Crippen molar-refractivity contribution in [1.82, 2.24) is 19.9 Å². The minimum absolute atomic E-state index is 0.472. The van der Waals surface area contributed by atoms with E-state index in [0.717, 1.165) is 72.2 Å². The number of para-hydroxylation sites is 3. The summed E-state index contributed by atoms with van der Waals surface area (Å²) in [5, 5.41) is 11.4. The van der Waals surface area contributed by atoms with Crippen molar-refractivity contribution in [3.05, 3.63) is 157 Å². The van der Waals surface area contributed by atoms with Gasteiger partial charge in [-0.25, -0.2) is 19.9 Å². The van der Waals surface area contributed by atoms with Crippen molar-refractivity contribution in [3.63, 3.8) is 0 Å². The van der Waals surface area contributed by atoms with Crippen LogP contribution in [-0.4, -0.2) is 19.9 Å². The van der Waals surface area contributed by atoms with Crippen LogP contribution in [-0.2, 0) is 0 Å². The maximum atomic E-state index is 9.42. The van der Waals surface area contributed by atoms with E-state index in [0.29, 0.717) is 22.8 Å². The molecule has 0 saturated carbocycles. The smallest absolute Gasteiger partial charge is 0.181 e. The SMILES string of the molecule is N#Cc1cccc(-c2ccc(-c3nc4ccccc4nc3-c3nc(-c4ccccc4)cc(-c4cccc5oc6ccccc6c45)n3)cc2)c1. The van der Waals surface area contributed by atoms with E-state index in [1.807, 2.05) is 127 Å². The van der Waals surface area contributed by atoms with E-state index in [-0.39, 0.29) is 0 Å². The van der Waals surface area contributed by atoms with Crippen LogP contribution in [0.2, 0.25) is 0 Å². The van der Waals surface area contributed by atoms with Gasteiger partial charge in [-0.15, -0.1) is 0 Å². The lowest BCUT2D eigenvalue weighted by Crippen LogP contribution is -2.01. The molecule has 0 bridgehead atoms. The summed E-state index contributed by atoms with van der Waals surface area (Å²) >= 11 is 0. The average Bonchev–Trinajstić information content (AvgIpc) is 3.57. The molecule has 0 N–H and O–H groups in total. The standard InChI is InChI=1S/C43H25N5O/c44-26-27-10-8-13-31(24-27)28-20-22-30(23-21-28)41-42(46-35-17-6-5-16-34(35)45-41)43-47-36(29-11-2-1-3-12-29)25-37(48-43)32-15-9-19-39-40(32)33-14-4-7-18-38(33)49-39/h1-25H. The summed E-state index contributed by atoms with van der Waals surface area (Å²) in [5.41, 5.74) is 11.3. The van der Waals surface area contributed by atoms with Gasteiger partial charge in [-0.3, -0.25) is 0 Å². The average molecular weight is 628 g/mol. The summed E-state index contributed by atoms with van der Waals surface area (Å²) in [5.74, 6) is 0.472. The van der Waals surface area contributed by atoms with Crippen molar-refractivity contribution in [2.45, 2.75) is 0 Å². The molecule has 6 aromatic carbocycles. The number of furan rings is 1. The Bertz CT molecular complexity index is 2730. The molecule has 9 rings (SSSR count). The Hall–Kier alpha value is -6.97. The van der Waals surface area contributed by atoms with E-state index in [9.17, 15) is 5.26 Å². The molecular weight excluding hydrogens is 603 g/mol. The van der Waals surface area contributed by atoms with Crippen LogP contribution in [0.1, 0.15) is 5.56 Å². The number of hydrogen-bond acceptors (Lipinski definition) is 6. The van der Waals surface area contributed by atoms with Gasteiger partial charge < -0.3 is 4.42 Å². The molecule has 6 heteroatoms. The number of hydrogen-bond donors (Lipinski definition) is 0. The minimum Gasteiger partial charge on any atom is -0.456 e. The summed E-state index contributed by atoms with van der Waals surface area (Å²) in [7, 11) is 0. The highest BCUT2D eigenvalue weighted by Gasteiger charge is 2.20. The molecule has 0 aliphatic carbocycles. The van der Waals surface area contributed by atoms with Gasteiger partial charge in [-0.2, -0.15) is 5.26 Å². The van der Waals surface area contributed by atoms with Crippen molar-refractivity contribution in [1.29, 1.82) is 5.26 Å². The number of benzene rings is 6. The quantitative estimate of drug-likeness (QED) is 0.189. The molecule has 0 saturated heterocycles. The Kier molecular flexibility index (Phi) is 6.74. The van der Waals surface area contributed by atoms with Gasteiger partial charge in [-0.05, 0) is 53.6 Å². The van der Waals surface area contributed by atoms with E-state index in [2.05, 4.69) is 30.3 Å². The first-order valence-corrected chi connectivity index (χ1v) is 16.0. The van der Waals surface area contributed by atoms with Gasteiger partial charge in [0.1, 0.15) is 22.6 Å². The monoisotopic (exact) mass is 627 g/mol. The Morgan fingerprint density at radius 2 is 1.12 bits per heavy atom. The first-order chi connectivity index (χ1) is 24.2. The van der Waals surface area contributed by atoms with Crippen LogP contribution in [0.5, 0.6) is 0 Å². The highest BCUT2D eigenvalue weighted by Crippen LogP contribution is 2.38. The fraction of sp³-hybridized carbons (Fsp3) is 0. The first-order valence-electron chi connectivity index (χ1n) is 16.0. The molecule has 0 atom stereocenters. The molecule has 3 heterocycles. The highest BCUT2D eigenvalue weighted by molar-refractivity contribution is 6.12. The van der Waals surface area contributed by atoms with Crippen molar-refractivity contribution in [2.75, 3.05) is 0 Å². The van der Waals surface area contributed by atoms with Gasteiger partial charge in [0.15, 0.2) is 5.82 Å². The molecule has 6 nitrogen and oxygen atoms in total. The Morgan fingerprint density at radius 3 is 1.94 bits per heavy atom. The molecule has 0 unspecified atom stereocenters. The molecule has 0 fully saturated rings. The fourth-order valence-electron chi connectivity index (χ4n) is 6.38. The van der Waals surface area contributed by atoms with Crippen LogP contribution in [0, 0.1) is 11.3 Å². The zero-order valence-electron chi connectivity index (χ0n) is 26.1. The predicted molar refractivity (Wildman–Crippen MR) is 194 cm³/mol. The second-order valence-electron chi connectivity index (χ2n) is 11.8. The van der Waals surface area contributed by atoms with Gasteiger partial charge in [0.25, 0.3) is 0 Å². The molecule has 0 spiro atoms. The lowest BCUT2D eigenvalue weighted by Gasteiger charge is -2.13. The minimum atomic E-state index is 0.472. The lowest BCUT2D eigenvalue weighted by molar-refractivity contribution is 0.669. The van der Waals surface area contributed by atoms with Crippen LogP contribution < -0.4 is 0 Å². The second-order valence-corrected chi connectivity index (χ2v) is 11.8. The summed E-state index contributed by atoms with van der Waals surface area (Å²) in [6, 6.07) is 52.2. The van der Waals surface area contributed by atoms with Crippen molar-refractivity contribution in [3.8, 4) is 62.5 Å². The molecule has 228 valence electrons. The third kappa shape index (κ3) is 5.07. The Balaban J connectivity index is 1.27. The number of nitrogens with zero attached hydrogens (tertiary/aromatic N) is 5. The van der Waals surface area contributed by atoms with Gasteiger partial charge in [-0.1, -0.05) is 109 Å². The van der Waals surface area contributed by atoms with Crippen LogP contribution in [0.15, 0.2) is 156 Å². The van der Waals surface area contributed by atoms with Crippen molar-refractivity contribution < 1.29 is 4.42 Å². The summed E-state index contributed by atoms with van der Waals surface area (Å²) < 4.78 is 6.24. The zero-order valence-corrected chi connectivity index (χ0v) is 26.1. The Morgan fingerprint density at radius 1 is 0.469 bits per heavy atom. The summed E-state index contributed by atoms with van der Waals surface area (Å²) in [6.07, 6.45) is 0. The third-order valence-electron chi connectivity index (χ3n) is 8.74. The largest absolute Gasteiger partial charge is 0.456 e. The maximum Gasteiger partial charge on any atom is 0.181 e. The number of rotatable bonds is 5. The topological polar surface area (TPSA) is 88.5 Å². The van der Waals surface area contributed by atoms with E-state index >= 15 is 0 Å². The van der Waals surface area contributed by atoms with E-state index in [1.165, 1.54) is 0 Å². The molecular formula is C43H25N5O. The molecule has 0 radical (unpaired) electrons. The fourth-order valence-corrected chi connectivity index (χ4v) is 6.38. The predicted octanol–water partition coefficient (Wildman–Crippen LogP) is 10.5. The molecule has 0 amide bonds. The van der Waals surface area contributed by atoms with Crippen molar-refractivity contribution in [2.24, 2.45) is 0 Å². The van der Waals surface area contributed by atoms with E-state index < -0.39 is 0 Å². The molecule has 0 aliphatic rings. The van der Waals surface area contributed by atoms with Gasteiger partial charge in [0.2, 0.25) is 0 Å². The normalized spacial score (nSPS) is 11.2. The van der Waals surface area contributed by atoms with E-state index in [1.54, 1.807) is 0 Å². The van der Waals surface area contributed by atoms with Crippen LogP contribution in [0.3, 0.4) is 0 Å². The zero-order chi connectivity index (χ0) is 32.7. The molecule has 0 aliphatic heterocycles. The highest BCUT2D eigenvalue weighted by atomic mass is 16.3. The van der Waals surface area contributed by atoms with Gasteiger partial charge in [0.05, 0.1) is 34.1 Å². The van der Waals surface area contributed by atoms with Crippen molar-refractivity contribution >= 4 is 33.0 Å². The molecule has 3 aromatic heterocycles. The van der Waals surface area contributed by atoms with Crippen LogP contribution in [0.4, 0.5) is 0 Å². The number of aromatic nitrogens is 4. The lowest BCUT2D eigenvalue weighted by atomic mass is 10.00. The second kappa shape index (κ2) is 11.7. The van der Waals surface area contributed by atoms with Crippen LogP contribution >= 0.6 is 0 Å². The van der Waals surface area contributed by atoms with Gasteiger partial charge in [0, 0.05) is 27.5 Å². The number of nitriles is 1. The Labute approximate surface area is 281 Å². The summed E-state index contributed by atoms with van der Waals surface area (Å²) in [4.78, 5) is 20.7. The molecule has 9 aromatic rings. The van der Waals surface area contributed by atoms with Crippen LogP contribution in [0.25, 0.3) is 89.4 Å². The summed E-state index contributed by atoms with van der Waals surface area (Å²) in [6.45, 7) is 0. The number of fused-ring (bicyclic) bond motifs is 4. The molecule has 49 heavy (non-hydrogen) atoms. The maximum absolute atomic E-state index is 9.42.